The monoisotopic (exact) mass is 485 g/mol. The molecule has 6 heteroatoms. The molecule has 0 aromatic heterocycles. The second-order valence-corrected chi connectivity index (χ2v) is 10.1. The summed E-state index contributed by atoms with van der Waals surface area (Å²) in [5.41, 5.74) is 7.47. The molecule has 0 unspecified atom stereocenters. The minimum Gasteiger partial charge on any atom is -0.484 e. The van der Waals surface area contributed by atoms with Gasteiger partial charge in [-0.05, 0) is 100 Å². The molecule has 0 saturated carbocycles. The summed E-state index contributed by atoms with van der Waals surface area (Å²) in [6.45, 7) is 13.4. The number of hydrazone groups is 1. The minimum absolute atomic E-state index is 0.0857. The van der Waals surface area contributed by atoms with Crippen molar-refractivity contribution in [1.82, 2.24) is 5.43 Å². The van der Waals surface area contributed by atoms with E-state index in [2.05, 4.69) is 85.0 Å². The smallest absolute Gasteiger partial charge is 0.277 e. The third kappa shape index (κ3) is 5.48. The first-order chi connectivity index (χ1) is 14.6. The van der Waals surface area contributed by atoms with E-state index in [9.17, 15) is 4.79 Å². The molecule has 1 atom stereocenters. The van der Waals surface area contributed by atoms with E-state index in [1.165, 1.54) is 11.3 Å². The van der Waals surface area contributed by atoms with Crippen LogP contribution in [-0.2, 0) is 4.79 Å². The zero-order chi connectivity index (χ0) is 22.8. The number of carbonyl (C=O) groups excluding carboxylic acids is 1. The predicted octanol–water partition coefficient (Wildman–Crippen LogP) is 5.79. The zero-order valence-electron chi connectivity index (χ0n) is 19.2. The van der Waals surface area contributed by atoms with Gasteiger partial charge in [0.2, 0.25) is 0 Å². The van der Waals surface area contributed by atoms with Crippen LogP contribution in [-0.4, -0.2) is 30.3 Å². The van der Waals surface area contributed by atoms with E-state index < -0.39 is 0 Å². The molecule has 1 aliphatic rings. The van der Waals surface area contributed by atoms with Crippen molar-refractivity contribution in [3.63, 3.8) is 0 Å². The highest BCUT2D eigenvalue weighted by atomic mass is 79.9. The van der Waals surface area contributed by atoms with Gasteiger partial charge in [0.25, 0.3) is 5.91 Å². The molecule has 3 rings (SSSR count). The van der Waals surface area contributed by atoms with Gasteiger partial charge in [0, 0.05) is 21.7 Å². The summed E-state index contributed by atoms with van der Waals surface area (Å²) in [5.74, 6) is 0.803. The van der Waals surface area contributed by atoms with Crippen molar-refractivity contribution >= 4 is 33.7 Å². The first-order valence-electron chi connectivity index (χ1n) is 10.7. The molecule has 1 aliphatic heterocycles. The van der Waals surface area contributed by atoms with Crippen LogP contribution >= 0.6 is 15.9 Å². The van der Waals surface area contributed by atoms with E-state index in [0.29, 0.717) is 17.7 Å². The van der Waals surface area contributed by atoms with Crippen LogP contribution in [0, 0.1) is 6.92 Å². The van der Waals surface area contributed by atoms with Gasteiger partial charge < -0.3 is 9.64 Å². The number of amides is 1. The summed E-state index contributed by atoms with van der Waals surface area (Å²) in [5, 5.41) is 4.16. The van der Waals surface area contributed by atoms with Crippen molar-refractivity contribution in [2.75, 3.05) is 11.5 Å². The normalized spacial score (nSPS) is 17.7. The Kier molecular flexibility index (Phi) is 7.10. The number of fused-ring (bicyclic) bond motifs is 1. The van der Waals surface area contributed by atoms with Crippen LogP contribution < -0.4 is 15.1 Å². The Balaban J connectivity index is 1.69. The summed E-state index contributed by atoms with van der Waals surface area (Å²) in [6, 6.07) is 12.2. The summed E-state index contributed by atoms with van der Waals surface area (Å²) < 4.78 is 6.44. The van der Waals surface area contributed by atoms with Crippen molar-refractivity contribution in [2.45, 2.75) is 65.5 Å². The van der Waals surface area contributed by atoms with Gasteiger partial charge in [-0.1, -0.05) is 22.9 Å². The predicted molar refractivity (Wildman–Crippen MR) is 131 cm³/mol. The van der Waals surface area contributed by atoms with E-state index in [1.54, 1.807) is 18.3 Å². The fourth-order valence-electron chi connectivity index (χ4n) is 4.62. The molecule has 0 aliphatic carbocycles. The molecule has 0 saturated heterocycles. The molecule has 0 spiro atoms. The lowest BCUT2D eigenvalue weighted by Gasteiger charge is -2.50. The Morgan fingerprint density at radius 1 is 1.32 bits per heavy atom. The Morgan fingerprint density at radius 2 is 2.00 bits per heavy atom. The molecule has 1 amide bonds. The van der Waals surface area contributed by atoms with Crippen molar-refractivity contribution in [1.29, 1.82) is 0 Å². The number of benzene rings is 2. The Morgan fingerprint density at radius 3 is 2.65 bits per heavy atom. The van der Waals surface area contributed by atoms with Crippen LogP contribution in [0.25, 0.3) is 0 Å². The van der Waals surface area contributed by atoms with Gasteiger partial charge in [0.1, 0.15) is 5.75 Å². The third-order valence-corrected chi connectivity index (χ3v) is 6.29. The fourth-order valence-corrected chi connectivity index (χ4v) is 4.88. The van der Waals surface area contributed by atoms with E-state index in [-0.39, 0.29) is 18.1 Å². The number of aryl methyl sites for hydroxylation is 1. The number of carbonyl (C=O) groups is 1. The highest BCUT2D eigenvalue weighted by Gasteiger charge is 2.37. The number of ether oxygens (including phenoxy) is 1. The van der Waals surface area contributed by atoms with Crippen molar-refractivity contribution < 1.29 is 9.53 Å². The fraction of sp³-hybridized carbons (Fsp3) is 0.440. The molecule has 31 heavy (non-hydrogen) atoms. The lowest BCUT2D eigenvalue weighted by Crippen LogP contribution is -2.51. The molecule has 1 heterocycles. The molecule has 166 valence electrons. The number of halogens is 1. The molecule has 0 fully saturated rings. The number of nitrogens with one attached hydrogen (secondary N) is 1. The maximum absolute atomic E-state index is 12.1. The zero-order valence-corrected chi connectivity index (χ0v) is 20.8. The van der Waals surface area contributed by atoms with Crippen LogP contribution in [0.4, 0.5) is 5.69 Å². The average molecular weight is 486 g/mol. The number of rotatable bonds is 6. The summed E-state index contributed by atoms with van der Waals surface area (Å²) in [6.07, 6.45) is 2.82. The standard InChI is InChI=1S/C25H32BrN3O2/c1-16(2)29-23-11-17(3)19(12-22(23)18(4)13-25(29,5)6)14-27-28-24(30)15-31-21-9-7-20(26)8-10-21/h7-12,14,16,18H,13,15H2,1-6H3,(H,28,30)/b27-14-/t18-/m0/s1. The van der Waals surface area contributed by atoms with E-state index in [1.807, 2.05) is 12.1 Å². The first kappa shape index (κ1) is 23.3. The molecule has 2 aromatic rings. The molecule has 0 bridgehead atoms. The summed E-state index contributed by atoms with van der Waals surface area (Å²) in [4.78, 5) is 14.6. The lowest BCUT2D eigenvalue weighted by molar-refractivity contribution is -0.123. The average Bonchev–Trinajstić information content (AvgIpc) is 2.67. The van der Waals surface area contributed by atoms with Crippen molar-refractivity contribution in [2.24, 2.45) is 5.10 Å². The Labute approximate surface area is 194 Å². The molecule has 5 nitrogen and oxygen atoms in total. The van der Waals surface area contributed by atoms with Gasteiger partial charge in [0.05, 0.1) is 6.21 Å². The topological polar surface area (TPSA) is 53.9 Å². The first-order valence-corrected chi connectivity index (χ1v) is 11.5. The number of anilines is 1. The van der Waals surface area contributed by atoms with Gasteiger partial charge in [-0.15, -0.1) is 0 Å². The van der Waals surface area contributed by atoms with Crippen LogP contribution in [0.5, 0.6) is 5.75 Å². The minimum atomic E-state index is -0.295. The van der Waals surface area contributed by atoms with Crippen LogP contribution in [0.1, 0.15) is 63.6 Å². The van der Waals surface area contributed by atoms with Gasteiger partial charge in [-0.3, -0.25) is 4.79 Å². The molecule has 1 N–H and O–H groups in total. The number of hydrogen-bond donors (Lipinski definition) is 1. The maximum Gasteiger partial charge on any atom is 0.277 e. The van der Waals surface area contributed by atoms with Gasteiger partial charge in [-0.2, -0.15) is 5.10 Å². The number of nitrogens with zero attached hydrogens (tertiary/aromatic N) is 2. The largest absolute Gasteiger partial charge is 0.484 e. The molecule has 2 aromatic carbocycles. The van der Waals surface area contributed by atoms with Gasteiger partial charge >= 0.3 is 0 Å². The summed E-state index contributed by atoms with van der Waals surface area (Å²) in [7, 11) is 0. The molecular weight excluding hydrogens is 454 g/mol. The highest BCUT2D eigenvalue weighted by Crippen LogP contribution is 2.45. The number of hydrogen-bond acceptors (Lipinski definition) is 4. The van der Waals surface area contributed by atoms with Crippen molar-refractivity contribution in [3.8, 4) is 5.75 Å². The SMILES string of the molecule is Cc1cc2c(cc1/C=N\NC(=O)COc1ccc(Br)cc1)[C@@H](C)CC(C)(C)N2C(C)C. The summed E-state index contributed by atoms with van der Waals surface area (Å²) >= 11 is 3.37. The second-order valence-electron chi connectivity index (χ2n) is 9.18. The molecular formula is C25H32BrN3O2. The van der Waals surface area contributed by atoms with Crippen molar-refractivity contribution in [3.05, 3.63) is 57.6 Å². The Bertz CT molecular complexity index is 967. The molecule has 0 radical (unpaired) electrons. The van der Waals surface area contributed by atoms with E-state index in [0.717, 1.165) is 22.0 Å². The Hall–Kier alpha value is -2.34. The third-order valence-electron chi connectivity index (χ3n) is 5.76. The van der Waals surface area contributed by atoms with Gasteiger partial charge in [-0.25, -0.2) is 5.43 Å². The maximum atomic E-state index is 12.1. The second kappa shape index (κ2) is 9.43. The highest BCUT2D eigenvalue weighted by molar-refractivity contribution is 9.10. The van der Waals surface area contributed by atoms with Gasteiger partial charge in [0.15, 0.2) is 6.61 Å². The quantitative estimate of drug-likeness (QED) is 0.416. The van der Waals surface area contributed by atoms with Crippen LogP contribution in [0.2, 0.25) is 0 Å². The van der Waals surface area contributed by atoms with Crippen LogP contribution in [0.15, 0.2) is 46.0 Å². The van der Waals surface area contributed by atoms with E-state index >= 15 is 0 Å². The lowest BCUT2D eigenvalue weighted by atomic mass is 9.78. The van der Waals surface area contributed by atoms with E-state index in [4.69, 9.17) is 4.74 Å². The van der Waals surface area contributed by atoms with Crippen LogP contribution in [0.3, 0.4) is 0 Å².